The zero-order chi connectivity index (χ0) is 12.0. The molecule has 0 radical (unpaired) electrons. The molecule has 2 nitrogen and oxygen atoms in total. The number of hydrogen-bond acceptors (Lipinski definition) is 2. The minimum absolute atomic E-state index is 0.0630. The van der Waals surface area contributed by atoms with E-state index in [0.29, 0.717) is 6.04 Å². The summed E-state index contributed by atoms with van der Waals surface area (Å²) < 4.78 is 5.65. The van der Waals surface area contributed by atoms with Gasteiger partial charge in [-0.05, 0) is 44.6 Å². The smallest absolute Gasteiger partial charge is 0.0731 e. The number of nitrogens with one attached hydrogen (secondary N) is 1. The Morgan fingerprint density at radius 1 is 1.31 bits per heavy atom. The molecule has 2 saturated carbocycles. The van der Waals surface area contributed by atoms with Crippen LogP contribution < -0.4 is 5.32 Å². The van der Waals surface area contributed by atoms with E-state index in [2.05, 4.69) is 33.0 Å². The number of rotatable bonds is 5. The van der Waals surface area contributed by atoms with Crippen molar-refractivity contribution in [1.82, 2.24) is 5.32 Å². The fraction of sp³-hybridized carbons (Fsp3) is 1.00. The Balaban J connectivity index is 1.79. The molecule has 0 bridgehead atoms. The van der Waals surface area contributed by atoms with Crippen LogP contribution in [0.15, 0.2) is 0 Å². The fourth-order valence-electron chi connectivity index (χ4n) is 2.98. The van der Waals surface area contributed by atoms with Gasteiger partial charge in [0.15, 0.2) is 0 Å². The summed E-state index contributed by atoms with van der Waals surface area (Å²) in [7, 11) is 1.84. The van der Waals surface area contributed by atoms with E-state index in [1.807, 2.05) is 7.11 Å². The molecule has 0 aromatic carbocycles. The summed E-state index contributed by atoms with van der Waals surface area (Å²) >= 11 is 0. The second-order valence-electron chi connectivity index (χ2n) is 6.64. The molecule has 16 heavy (non-hydrogen) atoms. The van der Waals surface area contributed by atoms with E-state index >= 15 is 0 Å². The first-order chi connectivity index (χ1) is 7.40. The molecule has 0 heterocycles. The van der Waals surface area contributed by atoms with Crippen molar-refractivity contribution in [3.05, 3.63) is 0 Å². The maximum Gasteiger partial charge on any atom is 0.0731 e. The van der Waals surface area contributed by atoms with Gasteiger partial charge in [-0.25, -0.2) is 0 Å². The second kappa shape index (κ2) is 3.99. The molecule has 2 aliphatic carbocycles. The quantitative estimate of drug-likeness (QED) is 0.777. The van der Waals surface area contributed by atoms with Gasteiger partial charge in [-0.1, -0.05) is 20.8 Å². The highest BCUT2D eigenvalue weighted by molar-refractivity contribution is 5.11. The zero-order valence-corrected chi connectivity index (χ0v) is 11.5. The molecule has 3 atom stereocenters. The Hall–Kier alpha value is -0.0800. The maximum atomic E-state index is 5.65. The summed E-state index contributed by atoms with van der Waals surface area (Å²) in [5.41, 5.74) is 0.318. The first-order valence-electron chi connectivity index (χ1n) is 6.69. The Morgan fingerprint density at radius 3 is 2.38 bits per heavy atom. The average Bonchev–Trinajstić information content (AvgIpc) is 3.06. The van der Waals surface area contributed by atoms with Gasteiger partial charge < -0.3 is 10.1 Å². The van der Waals surface area contributed by atoms with Crippen LogP contribution in [0.25, 0.3) is 0 Å². The Labute approximate surface area is 100 Å². The average molecular weight is 225 g/mol. The molecule has 2 rings (SSSR count). The van der Waals surface area contributed by atoms with Crippen LogP contribution in [0, 0.1) is 17.3 Å². The molecular formula is C14H27NO. The van der Waals surface area contributed by atoms with Crippen LogP contribution in [0.1, 0.15) is 47.0 Å². The lowest BCUT2D eigenvalue weighted by molar-refractivity contribution is -0.180. The Morgan fingerprint density at radius 2 is 1.94 bits per heavy atom. The lowest BCUT2D eigenvalue weighted by atomic mass is 9.56. The van der Waals surface area contributed by atoms with E-state index < -0.39 is 0 Å². The van der Waals surface area contributed by atoms with E-state index in [1.54, 1.807) is 0 Å². The minimum Gasteiger partial charge on any atom is -0.378 e. The van der Waals surface area contributed by atoms with Crippen molar-refractivity contribution in [2.75, 3.05) is 13.7 Å². The van der Waals surface area contributed by atoms with Gasteiger partial charge in [-0.3, -0.25) is 0 Å². The topological polar surface area (TPSA) is 21.3 Å². The molecule has 94 valence electrons. The maximum absolute atomic E-state index is 5.65. The molecule has 0 saturated heterocycles. The van der Waals surface area contributed by atoms with Crippen LogP contribution in [0.2, 0.25) is 0 Å². The van der Waals surface area contributed by atoms with Crippen molar-refractivity contribution in [3.63, 3.8) is 0 Å². The molecule has 0 aromatic rings. The van der Waals surface area contributed by atoms with Crippen molar-refractivity contribution >= 4 is 0 Å². The third kappa shape index (κ3) is 1.91. The van der Waals surface area contributed by atoms with Crippen LogP contribution in [-0.2, 0) is 4.74 Å². The predicted octanol–water partition coefficient (Wildman–Crippen LogP) is 2.83. The molecule has 2 aliphatic rings. The van der Waals surface area contributed by atoms with Crippen LogP contribution in [0.4, 0.5) is 0 Å². The van der Waals surface area contributed by atoms with Gasteiger partial charge in [0.1, 0.15) is 0 Å². The molecule has 2 heteroatoms. The van der Waals surface area contributed by atoms with Crippen molar-refractivity contribution in [2.24, 2.45) is 17.3 Å². The molecular weight excluding hydrogens is 198 g/mol. The van der Waals surface area contributed by atoms with Gasteiger partial charge in [-0.15, -0.1) is 0 Å². The third-order valence-corrected chi connectivity index (χ3v) is 5.39. The van der Waals surface area contributed by atoms with Crippen molar-refractivity contribution in [3.8, 4) is 0 Å². The van der Waals surface area contributed by atoms with E-state index in [-0.39, 0.29) is 11.0 Å². The summed E-state index contributed by atoms with van der Waals surface area (Å²) in [6, 6.07) is 0.624. The first kappa shape index (κ1) is 12.4. The molecule has 0 spiro atoms. The molecule has 1 N–H and O–H groups in total. The van der Waals surface area contributed by atoms with Crippen molar-refractivity contribution in [1.29, 1.82) is 0 Å². The number of hydrogen-bond donors (Lipinski definition) is 1. The Kier molecular flexibility index (Phi) is 3.09. The molecule has 0 aromatic heterocycles. The summed E-state index contributed by atoms with van der Waals surface area (Å²) in [4.78, 5) is 0. The second-order valence-corrected chi connectivity index (χ2v) is 6.64. The molecule has 0 amide bonds. The first-order valence-corrected chi connectivity index (χ1v) is 6.69. The SMILES string of the molecule is COC1(C)CC(NCC(C)C2CC2)C1(C)C. The van der Waals surface area contributed by atoms with Crippen molar-refractivity contribution < 1.29 is 4.74 Å². The lowest BCUT2D eigenvalue weighted by Gasteiger charge is -2.59. The molecule has 2 fully saturated rings. The predicted molar refractivity (Wildman–Crippen MR) is 67.5 cm³/mol. The van der Waals surface area contributed by atoms with Crippen molar-refractivity contribution in [2.45, 2.75) is 58.6 Å². The van der Waals surface area contributed by atoms with E-state index in [4.69, 9.17) is 4.74 Å². The number of ether oxygens (including phenoxy) is 1. The van der Waals surface area contributed by atoms with Gasteiger partial charge in [0.2, 0.25) is 0 Å². The summed E-state index contributed by atoms with van der Waals surface area (Å²) in [5, 5.41) is 3.74. The van der Waals surface area contributed by atoms with Gasteiger partial charge in [0.25, 0.3) is 0 Å². The standard InChI is InChI=1S/C14H27NO/c1-10(11-6-7-11)9-15-12-8-14(4,16-5)13(12,2)3/h10-12,15H,6-9H2,1-5H3. The fourth-order valence-corrected chi connectivity index (χ4v) is 2.98. The van der Waals surface area contributed by atoms with Crippen LogP contribution in [0.5, 0.6) is 0 Å². The van der Waals surface area contributed by atoms with Crippen LogP contribution in [-0.4, -0.2) is 25.3 Å². The third-order valence-electron chi connectivity index (χ3n) is 5.39. The van der Waals surface area contributed by atoms with Crippen LogP contribution >= 0.6 is 0 Å². The summed E-state index contributed by atoms with van der Waals surface area (Å²) in [5.74, 6) is 1.86. The van der Waals surface area contributed by atoms with E-state index in [1.165, 1.54) is 19.4 Å². The highest BCUT2D eigenvalue weighted by atomic mass is 16.5. The van der Waals surface area contributed by atoms with Gasteiger partial charge in [-0.2, -0.15) is 0 Å². The monoisotopic (exact) mass is 225 g/mol. The normalized spacial score (nSPS) is 39.2. The minimum atomic E-state index is 0.0630. The highest BCUT2D eigenvalue weighted by Crippen LogP contribution is 2.51. The van der Waals surface area contributed by atoms with E-state index in [0.717, 1.165) is 18.3 Å². The van der Waals surface area contributed by atoms with Gasteiger partial charge in [0, 0.05) is 18.6 Å². The largest absolute Gasteiger partial charge is 0.378 e. The zero-order valence-electron chi connectivity index (χ0n) is 11.5. The molecule has 3 unspecified atom stereocenters. The Bertz CT molecular complexity index is 259. The van der Waals surface area contributed by atoms with E-state index in [9.17, 15) is 0 Å². The lowest BCUT2D eigenvalue weighted by Crippen LogP contribution is -2.68. The van der Waals surface area contributed by atoms with Gasteiger partial charge in [0.05, 0.1) is 5.60 Å². The highest BCUT2D eigenvalue weighted by Gasteiger charge is 2.57. The molecule has 0 aliphatic heterocycles. The summed E-state index contributed by atoms with van der Waals surface area (Å²) in [6.07, 6.45) is 4.05. The summed E-state index contributed by atoms with van der Waals surface area (Å²) in [6.45, 7) is 10.4. The number of methoxy groups -OCH3 is 1. The van der Waals surface area contributed by atoms with Gasteiger partial charge >= 0.3 is 0 Å². The van der Waals surface area contributed by atoms with Crippen LogP contribution in [0.3, 0.4) is 0 Å².